The van der Waals surface area contributed by atoms with Crippen LogP contribution >= 0.6 is 22.6 Å². The molecule has 1 aromatic rings. The van der Waals surface area contributed by atoms with Crippen LogP contribution in [0.3, 0.4) is 0 Å². The van der Waals surface area contributed by atoms with Crippen LogP contribution < -0.4 is 0 Å². The van der Waals surface area contributed by atoms with Gasteiger partial charge in [-0.25, -0.2) is 8.42 Å². The number of alkyl halides is 1. The minimum Gasteiger partial charge on any atom is -0.292 e. The van der Waals surface area contributed by atoms with Crippen LogP contribution in [0, 0.1) is 6.92 Å². The number of carbonyl (C=O) groups is 1. The van der Waals surface area contributed by atoms with Crippen LogP contribution in [0.25, 0.3) is 0 Å². The van der Waals surface area contributed by atoms with Crippen molar-refractivity contribution in [2.24, 2.45) is 0 Å². The van der Waals surface area contributed by atoms with Gasteiger partial charge in [0.15, 0.2) is 18.9 Å². The lowest BCUT2D eigenvalue weighted by molar-refractivity contribution is 0.101. The quantitative estimate of drug-likeness (QED) is 0.481. The Labute approximate surface area is 103 Å². The van der Waals surface area contributed by atoms with E-state index in [-0.39, 0.29) is 5.78 Å². The number of ketones is 1. The molecule has 0 bridgehead atoms. The number of aryl methyl sites for hydroxylation is 1. The zero-order chi connectivity index (χ0) is 11.6. The molecule has 0 aliphatic heterocycles. The maximum Gasteiger partial charge on any atom is 0.191 e. The molecule has 0 radical (unpaired) electrons. The van der Waals surface area contributed by atoms with Crippen LogP contribution in [-0.2, 0) is 9.84 Å². The van der Waals surface area contributed by atoms with Crippen molar-refractivity contribution in [3.63, 3.8) is 0 Å². The molecule has 0 aliphatic carbocycles. The van der Waals surface area contributed by atoms with Gasteiger partial charge in [-0.3, -0.25) is 4.79 Å². The Morgan fingerprint density at radius 3 is 2.33 bits per heavy atom. The number of hydrogen-bond acceptors (Lipinski definition) is 3. The van der Waals surface area contributed by atoms with Gasteiger partial charge in [-0.2, -0.15) is 0 Å². The summed E-state index contributed by atoms with van der Waals surface area (Å²) in [6.45, 7) is 1.79. The molecule has 82 valence electrons. The van der Waals surface area contributed by atoms with E-state index in [1.165, 1.54) is 0 Å². The molecule has 0 saturated heterocycles. The van der Waals surface area contributed by atoms with Crippen molar-refractivity contribution in [3.05, 3.63) is 35.4 Å². The number of sulfone groups is 1. The van der Waals surface area contributed by atoms with Gasteiger partial charge in [0.1, 0.15) is 0 Å². The summed E-state index contributed by atoms with van der Waals surface area (Å²) in [5, 5.41) is 0. The van der Waals surface area contributed by atoms with Crippen molar-refractivity contribution in [2.75, 3.05) is 6.26 Å². The Morgan fingerprint density at radius 1 is 1.33 bits per heavy atom. The first kappa shape index (κ1) is 12.6. The lowest BCUT2D eigenvalue weighted by Crippen LogP contribution is -2.23. The molecule has 1 atom stereocenters. The highest BCUT2D eigenvalue weighted by atomic mass is 127. The predicted octanol–water partition coefficient (Wildman–Crippen LogP) is 1.98. The van der Waals surface area contributed by atoms with Crippen LogP contribution in [-0.4, -0.2) is 23.7 Å². The Kier molecular flexibility index (Phi) is 3.88. The Balaban J connectivity index is 3.12. The molecule has 1 aromatic carbocycles. The van der Waals surface area contributed by atoms with E-state index in [9.17, 15) is 13.2 Å². The molecule has 0 amide bonds. The summed E-state index contributed by atoms with van der Waals surface area (Å²) in [6, 6.07) is 6.98. The second-order valence-electron chi connectivity index (χ2n) is 3.32. The molecular weight excluding hydrogens is 327 g/mol. The van der Waals surface area contributed by atoms with Crippen LogP contribution in [0.5, 0.6) is 0 Å². The lowest BCUT2D eigenvalue weighted by atomic mass is 10.1. The molecule has 5 heteroatoms. The maximum atomic E-state index is 11.8. The van der Waals surface area contributed by atoms with Crippen LogP contribution in [0.2, 0.25) is 0 Å². The maximum absolute atomic E-state index is 11.8. The number of carbonyl (C=O) groups excluding carboxylic acids is 1. The van der Waals surface area contributed by atoms with Gasteiger partial charge in [0.25, 0.3) is 0 Å². The summed E-state index contributed by atoms with van der Waals surface area (Å²) in [5.74, 6) is -0.351. The molecular formula is C10H11IO3S. The van der Waals surface area contributed by atoms with Crippen LogP contribution in [0.4, 0.5) is 0 Å². The first-order chi connectivity index (χ1) is 6.84. The molecule has 3 nitrogen and oxygen atoms in total. The molecule has 0 aliphatic rings. The standard InChI is InChI=1S/C10H11IO3S/c1-7-5-3-4-6-8(7)9(12)10(11)15(2,13)14/h3-6,10H,1-2H3/t10-/m0/s1. The number of Topliss-reactive ketones (excluding diaryl/α,β-unsaturated/α-hetero) is 1. The molecule has 0 spiro atoms. The van der Waals surface area contributed by atoms with Gasteiger partial charge in [0.05, 0.1) is 0 Å². The molecule has 0 saturated carbocycles. The SMILES string of the molecule is Cc1ccccc1C(=O)[C@@H](I)S(C)(=O)=O. The summed E-state index contributed by atoms with van der Waals surface area (Å²) in [5.41, 5.74) is 1.27. The van der Waals surface area contributed by atoms with E-state index in [1.54, 1.807) is 47.7 Å². The fraction of sp³-hybridized carbons (Fsp3) is 0.300. The minimum atomic E-state index is -3.33. The molecule has 0 aromatic heterocycles. The molecule has 0 unspecified atom stereocenters. The van der Waals surface area contributed by atoms with Crippen molar-refractivity contribution < 1.29 is 13.2 Å². The normalized spacial score (nSPS) is 13.5. The second kappa shape index (κ2) is 4.61. The van der Waals surface area contributed by atoms with Crippen molar-refractivity contribution in [1.29, 1.82) is 0 Å². The zero-order valence-corrected chi connectivity index (χ0v) is 11.4. The molecule has 1 rings (SSSR count). The number of halogens is 1. The Hall–Kier alpha value is -0.430. The summed E-state index contributed by atoms with van der Waals surface area (Å²) in [6.07, 6.45) is 1.07. The van der Waals surface area contributed by atoms with Gasteiger partial charge >= 0.3 is 0 Å². The van der Waals surface area contributed by atoms with Crippen LogP contribution in [0.15, 0.2) is 24.3 Å². The highest BCUT2D eigenvalue weighted by Gasteiger charge is 2.27. The highest BCUT2D eigenvalue weighted by molar-refractivity contribution is 14.1. The fourth-order valence-corrected chi connectivity index (χ4v) is 2.02. The summed E-state index contributed by atoms with van der Waals surface area (Å²) in [7, 11) is -3.33. The smallest absolute Gasteiger partial charge is 0.191 e. The molecule has 0 N–H and O–H groups in total. The summed E-state index contributed by atoms with van der Waals surface area (Å²) < 4.78 is 21.5. The van der Waals surface area contributed by atoms with E-state index in [0.717, 1.165) is 11.8 Å². The van der Waals surface area contributed by atoms with E-state index in [1.807, 2.05) is 6.07 Å². The van der Waals surface area contributed by atoms with Gasteiger partial charge in [-0.1, -0.05) is 46.9 Å². The third-order valence-electron chi connectivity index (χ3n) is 1.99. The number of hydrogen-bond donors (Lipinski definition) is 0. The first-order valence-corrected chi connectivity index (χ1v) is 7.47. The zero-order valence-electron chi connectivity index (χ0n) is 8.40. The van der Waals surface area contributed by atoms with E-state index in [4.69, 9.17) is 0 Å². The minimum absolute atomic E-state index is 0.351. The number of rotatable bonds is 3. The molecule has 15 heavy (non-hydrogen) atoms. The highest BCUT2D eigenvalue weighted by Crippen LogP contribution is 2.18. The van der Waals surface area contributed by atoms with Gasteiger partial charge < -0.3 is 0 Å². The van der Waals surface area contributed by atoms with Crippen molar-refractivity contribution in [2.45, 2.75) is 10.2 Å². The number of benzene rings is 1. The molecule has 0 fully saturated rings. The Morgan fingerprint density at radius 2 is 1.87 bits per heavy atom. The summed E-state index contributed by atoms with van der Waals surface area (Å²) >= 11 is 1.66. The van der Waals surface area contributed by atoms with E-state index in [2.05, 4.69) is 0 Å². The Bertz CT molecular complexity index is 479. The average molecular weight is 338 g/mol. The van der Waals surface area contributed by atoms with Gasteiger partial charge in [0.2, 0.25) is 0 Å². The third kappa shape index (κ3) is 3.01. The average Bonchev–Trinajstić information content (AvgIpc) is 2.15. The fourth-order valence-electron chi connectivity index (χ4n) is 1.17. The monoisotopic (exact) mass is 338 g/mol. The predicted molar refractivity (Wildman–Crippen MR) is 68.2 cm³/mol. The van der Waals surface area contributed by atoms with E-state index in [0.29, 0.717) is 5.56 Å². The van der Waals surface area contributed by atoms with Gasteiger partial charge in [0, 0.05) is 11.8 Å². The van der Waals surface area contributed by atoms with E-state index >= 15 is 0 Å². The second-order valence-corrected chi connectivity index (χ2v) is 7.55. The van der Waals surface area contributed by atoms with Crippen molar-refractivity contribution in [3.8, 4) is 0 Å². The first-order valence-electron chi connectivity index (χ1n) is 4.27. The van der Waals surface area contributed by atoms with Crippen molar-refractivity contribution in [1.82, 2.24) is 0 Å². The van der Waals surface area contributed by atoms with Gasteiger partial charge in [-0.05, 0) is 12.5 Å². The van der Waals surface area contributed by atoms with E-state index < -0.39 is 13.1 Å². The van der Waals surface area contributed by atoms with Crippen LogP contribution in [0.1, 0.15) is 15.9 Å². The molecule has 0 heterocycles. The van der Waals surface area contributed by atoms with Crippen molar-refractivity contribution >= 4 is 38.2 Å². The lowest BCUT2D eigenvalue weighted by Gasteiger charge is -2.08. The summed E-state index contributed by atoms with van der Waals surface area (Å²) in [4.78, 5) is 11.8. The van der Waals surface area contributed by atoms with Gasteiger partial charge in [-0.15, -0.1) is 0 Å². The third-order valence-corrected chi connectivity index (χ3v) is 6.30. The largest absolute Gasteiger partial charge is 0.292 e. The topological polar surface area (TPSA) is 51.2 Å².